The van der Waals surface area contributed by atoms with Crippen LogP contribution in [-0.4, -0.2) is 52.2 Å². The lowest BCUT2D eigenvalue weighted by molar-refractivity contribution is 0.0745. The van der Waals surface area contributed by atoms with Crippen LogP contribution in [0.15, 0.2) is 96.1 Å². The molecule has 0 aliphatic heterocycles. The Morgan fingerprint density at radius 1 is 1.00 bits per heavy atom. The molecule has 38 heavy (non-hydrogen) atoms. The summed E-state index contributed by atoms with van der Waals surface area (Å²) in [6.07, 6.45) is 8.76. The summed E-state index contributed by atoms with van der Waals surface area (Å²) in [6.45, 7) is 2.47. The third-order valence-electron chi connectivity index (χ3n) is 6.87. The van der Waals surface area contributed by atoms with Crippen molar-refractivity contribution in [3.63, 3.8) is 0 Å². The van der Waals surface area contributed by atoms with Gasteiger partial charge in [0.25, 0.3) is 5.91 Å². The predicted octanol–water partition coefficient (Wildman–Crippen LogP) is 6.28. The van der Waals surface area contributed by atoms with Crippen LogP contribution < -0.4 is 0 Å². The zero-order valence-corrected chi connectivity index (χ0v) is 23.3. The summed E-state index contributed by atoms with van der Waals surface area (Å²) < 4.78 is 10.6. The van der Waals surface area contributed by atoms with Gasteiger partial charge in [0.2, 0.25) is 0 Å². The number of hydrogen-bond acceptors (Lipinski definition) is 3. The zero-order valence-electron chi connectivity index (χ0n) is 21.7. The standard InChI is InChI=1S/C31H31BrN4O2/c1-34(16-17-38-2)31(37)30-21-35(20-29(30)28-9-5-7-24-6-3-4-8-27(24)28)19-26-18-33-22-36(26)15-14-23-10-12-25(32)13-11-23/h3-13,18,20-22H,14-17,19H2,1-2H3. The lowest BCUT2D eigenvalue weighted by Crippen LogP contribution is -2.30. The molecule has 5 rings (SSSR count). The number of carbonyl (C=O) groups excluding carboxylic acids is 1. The maximum atomic E-state index is 13.6. The molecule has 0 aliphatic carbocycles. The van der Waals surface area contributed by atoms with Crippen LogP contribution in [0, 0.1) is 0 Å². The smallest absolute Gasteiger partial charge is 0.255 e. The van der Waals surface area contributed by atoms with Gasteiger partial charge < -0.3 is 18.8 Å². The first-order valence-corrected chi connectivity index (χ1v) is 13.5. The Hall–Kier alpha value is -3.68. The second-order valence-corrected chi connectivity index (χ2v) is 10.4. The number of methoxy groups -OCH3 is 1. The van der Waals surface area contributed by atoms with Crippen molar-refractivity contribution >= 4 is 32.6 Å². The molecule has 0 radical (unpaired) electrons. The van der Waals surface area contributed by atoms with Gasteiger partial charge in [-0.05, 0) is 40.5 Å². The molecule has 0 saturated heterocycles. The number of nitrogens with zero attached hydrogens (tertiary/aromatic N) is 4. The van der Waals surface area contributed by atoms with E-state index in [2.05, 4.69) is 90.8 Å². The van der Waals surface area contributed by atoms with Crippen molar-refractivity contribution in [2.45, 2.75) is 19.5 Å². The fraction of sp³-hybridized carbons (Fsp3) is 0.226. The van der Waals surface area contributed by atoms with Gasteiger partial charge in [-0.1, -0.05) is 70.5 Å². The van der Waals surface area contributed by atoms with Crippen molar-refractivity contribution in [3.05, 3.63) is 113 Å². The molecule has 0 aliphatic rings. The minimum Gasteiger partial charge on any atom is -0.383 e. The first-order valence-electron chi connectivity index (χ1n) is 12.7. The van der Waals surface area contributed by atoms with Gasteiger partial charge in [-0.25, -0.2) is 4.98 Å². The molecule has 0 N–H and O–H groups in total. The first kappa shape index (κ1) is 25.9. The van der Waals surface area contributed by atoms with Crippen molar-refractivity contribution in [3.8, 4) is 11.1 Å². The highest BCUT2D eigenvalue weighted by atomic mass is 79.9. The SMILES string of the molecule is COCCN(C)C(=O)c1cn(Cc2cncn2CCc2ccc(Br)cc2)cc1-c1cccc2ccccc12. The number of halogens is 1. The maximum Gasteiger partial charge on any atom is 0.255 e. The topological polar surface area (TPSA) is 52.3 Å². The van der Waals surface area contributed by atoms with E-state index in [1.165, 1.54) is 5.56 Å². The molecule has 0 atom stereocenters. The van der Waals surface area contributed by atoms with E-state index in [4.69, 9.17) is 4.74 Å². The van der Waals surface area contributed by atoms with Crippen LogP contribution >= 0.6 is 15.9 Å². The van der Waals surface area contributed by atoms with Crippen LogP contribution in [-0.2, 0) is 24.2 Å². The number of carbonyl (C=O) groups is 1. The molecule has 0 unspecified atom stereocenters. The molecule has 5 aromatic rings. The normalized spacial score (nSPS) is 11.2. The molecule has 0 saturated carbocycles. The number of benzene rings is 3. The Balaban J connectivity index is 1.46. The summed E-state index contributed by atoms with van der Waals surface area (Å²) >= 11 is 3.50. The van der Waals surface area contributed by atoms with E-state index in [1.807, 2.05) is 37.9 Å². The second-order valence-electron chi connectivity index (χ2n) is 9.46. The van der Waals surface area contributed by atoms with Crippen molar-refractivity contribution in [1.82, 2.24) is 19.0 Å². The number of hydrogen-bond donors (Lipinski definition) is 0. The molecule has 0 fully saturated rings. The number of fused-ring (bicyclic) bond motifs is 1. The largest absolute Gasteiger partial charge is 0.383 e. The molecule has 0 spiro atoms. The van der Waals surface area contributed by atoms with Crippen molar-refractivity contribution in [1.29, 1.82) is 0 Å². The summed E-state index contributed by atoms with van der Waals surface area (Å²) in [7, 11) is 3.47. The number of likely N-dealkylation sites (N-methyl/N-ethyl adjacent to an activating group) is 1. The van der Waals surface area contributed by atoms with E-state index < -0.39 is 0 Å². The van der Waals surface area contributed by atoms with Crippen molar-refractivity contribution < 1.29 is 9.53 Å². The molecule has 2 aromatic heterocycles. The first-order chi connectivity index (χ1) is 18.5. The Bertz CT molecular complexity index is 1530. The maximum absolute atomic E-state index is 13.6. The number of aryl methyl sites for hydroxylation is 2. The second kappa shape index (κ2) is 11.8. The van der Waals surface area contributed by atoms with Crippen LogP contribution in [0.3, 0.4) is 0 Å². The summed E-state index contributed by atoms with van der Waals surface area (Å²) in [6, 6.07) is 23.0. The van der Waals surface area contributed by atoms with Crippen LogP contribution in [0.2, 0.25) is 0 Å². The van der Waals surface area contributed by atoms with Gasteiger partial charge in [-0.2, -0.15) is 0 Å². The van der Waals surface area contributed by atoms with Crippen LogP contribution in [0.4, 0.5) is 0 Å². The van der Waals surface area contributed by atoms with E-state index in [9.17, 15) is 4.79 Å². The Kier molecular flexibility index (Phi) is 8.05. The van der Waals surface area contributed by atoms with Gasteiger partial charge in [-0.15, -0.1) is 0 Å². The summed E-state index contributed by atoms with van der Waals surface area (Å²) in [5, 5.41) is 2.27. The molecular formula is C31H31BrN4O2. The van der Waals surface area contributed by atoms with Crippen LogP contribution in [0.1, 0.15) is 21.6 Å². The van der Waals surface area contributed by atoms with E-state index in [-0.39, 0.29) is 5.91 Å². The Morgan fingerprint density at radius 3 is 2.61 bits per heavy atom. The number of aromatic nitrogens is 3. The van der Waals surface area contributed by atoms with Gasteiger partial charge in [-0.3, -0.25) is 4.79 Å². The third-order valence-corrected chi connectivity index (χ3v) is 7.39. The molecule has 1 amide bonds. The Morgan fingerprint density at radius 2 is 1.79 bits per heavy atom. The van der Waals surface area contributed by atoms with E-state index in [1.54, 1.807) is 12.0 Å². The molecule has 3 aromatic carbocycles. The fourth-order valence-corrected chi connectivity index (χ4v) is 5.01. The average Bonchev–Trinajstić information content (AvgIpc) is 3.57. The lowest BCUT2D eigenvalue weighted by atomic mass is 9.97. The highest BCUT2D eigenvalue weighted by molar-refractivity contribution is 9.10. The molecule has 6 nitrogen and oxygen atoms in total. The highest BCUT2D eigenvalue weighted by Gasteiger charge is 2.21. The number of rotatable bonds is 10. The number of ether oxygens (including phenoxy) is 1. The minimum absolute atomic E-state index is 0.0209. The van der Waals surface area contributed by atoms with Crippen LogP contribution in [0.25, 0.3) is 21.9 Å². The van der Waals surface area contributed by atoms with Crippen LogP contribution in [0.5, 0.6) is 0 Å². The Labute approximate surface area is 231 Å². The number of amides is 1. The van der Waals surface area contributed by atoms with E-state index in [0.29, 0.717) is 25.3 Å². The highest BCUT2D eigenvalue weighted by Crippen LogP contribution is 2.32. The average molecular weight is 572 g/mol. The summed E-state index contributed by atoms with van der Waals surface area (Å²) in [5.74, 6) is -0.0209. The third kappa shape index (κ3) is 5.74. The van der Waals surface area contributed by atoms with E-state index in [0.717, 1.165) is 45.0 Å². The number of imidazole rings is 1. The molecule has 194 valence electrons. The zero-order chi connectivity index (χ0) is 26.5. The van der Waals surface area contributed by atoms with Gasteiger partial charge >= 0.3 is 0 Å². The fourth-order valence-electron chi connectivity index (χ4n) is 4.75. The quantitative estimate of drug-likeness (QED) is 0.198. The monoisotopic (exact) mass is 570 g/mol. The molecule has 2 heterocycles. The summed E-state index contributed by atoms with van der Waals surface area (Å²) in [4.78, 5) is 19.7. The minimum atomic E-state index is -0.0209. The van der Waals surface area contributed by atoms with Gasteiger partial charge in [0.15, 0.2) is 0 Å². The van der Waals surface area contributed by atoms with Crippen molar-refractivity contribution in [2.24, 2.45) is 0 Å². The van der Waals surface area contributed by atoms with Crippen molar-refractivity contribution in [2.75, 3.05) is 27.3 Å². The molecular weight excluding hydrogens is 540 g/mol. The lowest BCUT2D eigenvalue weighted by Gasteiger charge is -2.17. The van der Waals surface area contributed by atoms with Gasteiger partial charge in [0.1, 0.15) is 0 Å². The van der Waals surface area contributed by atoms with Gasteiger partial charge in [0.05, 0.1) is 30.7 Å². The molecule has 7 heteroatoms. The molecule has 0 bridgehead atoms. The summed E-state index contributed by atoms with van der Waals surface area (Å²) in [5.41, 5.74) is 5.03. The van der Waals surface area contributed by atoms with Gasteiger partial charge in [0, 0.05) is 55.9 Å². The predicted molar refractivity (Wildman–Crippen MR) is 155 cm³/mol. The van der Waals surface area contributed by atoms with E-state index >= 15 is 0 Å².